The molecule has 1 heterocycles. The Morgan fingerprint density at radius 3 is 2.32 bits per heavy atom. The maximum Gasteiger partial charge on any atom is 0.332 e. The van der Waals surface area contributed by atoms with E-state index in [2.05, 4.69) is 0 Å². The smallest absolute Gasteiger partial charge is 0.332 e. The largest absolute Gasteiger partial charge is 0.457 e. The van der Waals surface area contributed by atoms with E-state index in [9.17, 15) is 19.2 Å². The molecule has 166 valence electrons. The number of Topliss-reactive ketones (excluding diaryl/α,β-unsaturated/α-hetero) is 1. The van der Waals surface area contributed by atoms with Crippen molar-refractivity contribution in [3.8, 4) is 0 Å². The summed E-state index contributed by atoms with van der Waals surface area (Å²) in [5.41, 5.74) is 4.23. The lowest BCUT2D eigenvalue weighted by molar-refractivity contribution is -0.153. The summed E-state index contributed by atoms with van der Waals surface area (Å²) in [6, 6.07) is 6.97. The zero-order chi connectivity index (χ0) is 22.9. The molecule has 1 aromatic heterocycles. The van der Waals surface area contributed by atoms with Crippen LogP contribution < -0.4 is 17.0 Å². The molecule has 1 fully saturated rings. The molecule has 0 bridgehead atoms. The number of rotatable bonds is 7. The monoisotopic (exact) mass is 447 g/mol. The molecule has 1 aromatic carbocycles. The Labute approximate surface area is 184 Å². The molecule has 0 radical (unpaired) electrons. The van der Waals surface area contributed by atoms with Crippen molar-refractivity contribution in [3.05, 3.63) is 61.3 Å². The zero-order valence-corrected chi connectivity index (χ0v) is 18.6. The molecular formula is C22H26ClN3O5. The van der Waals surface area contributed by atoms with Crippen LogP contribution >= 0.6 is 11.6 Å². The Balaban J connectivity index is 1.84. The van der Waals surface area contributed by atoms with Crippen LogP contribution in [-0.4, -0.2) is 27.5 Å². The van der Waals surface area contributed by atoms with Gasteiger partial charge in [0.05, 0.1) is 5.41 Å². The minimum Gasteiger partial charge on any atom is -0.457 e. The van der Waals surface area contributed by atoms with Gasteiger partial charge in [-0.15, -0.1) is 0 Å². The van der Waals surface area contributed by atoms with Crippen LogP contribution in [0.3, 0.4) is 0 Å². The number of carbonyl (C=O) groups excluding carboxylic acids is 2. The fourth-order valence-corrected chi connectivity index (χ4v) is 3.96. The highest BCUT2D eigenvalue weighted by molar-refractivity contribution is 6.30. The number of hydrogen-bond acceptors (Lipinski definition) is 6. The number of halogens is 1. The summed E-state index contributed by atoms with van der Waals surface area (Å²) in [6.07, 6.45) is 2.06. The first-order chi connectivity index (χ1) is 14.6. The molecule has 0 saturated heterocycles. The van der Waals surface area contributed by atoms with Gasteiger partial charge in [0, 0.05) is 18.6 Å². The minimum atomic E-state index is -0.822. The minimum absolute atomic E-state index is 0.0659. The third kappa shape index (κ3) is 4.17. The van der Waals surface area contributed by atoms with E-state index >= 15 is 0 Å². The van der Waals surface area contributed by atoms with Crippen molar-refractivity contribution in [2.45, 2.75) is 45.1 Å². The van der Waals surface area contributed by atoms with Crippen molar-refractivity contribution in [1.82, 2.24) is 9.13 Å². The summed E-state index contributed by atoms with van der Waals surface area (Å²) in [7, 11) is 1.29. The molecule has 1 saturated carbocycles. The van der Waals surface area contributed by atoms with Crippen molar-refractivity contribution in [2.75, 3.05) is 12.3 Å². The number of esters is 1. The first-order valence-corrected chi connectivity index (χ1v) is 10.5. The summed E-state index contributed by atoms with van der Waals surface area (Å²) in [4.78, 5) is 50.6. The first-order valence-electron chi connectivity index (χ1n) is 10.1. The standard InChI is InChI=1S/C22H26ClN3O5/c1-13(2)11-26-18(24)17(19(28)25(3)21(26)30)16(27)12-31-20(29)22(9-4-10-22)14-5-7-15(23)8-6-14/h5-8,13H,4,9-12,24H2,1-3H3. The molecule has 0 unspecified atom stereocenters. The van der Waals surface area contributed by atoms with E-state index in [-0.39, 0.29) is 23.8 Å². The number of nitrogen functional groups attached to an aromatic ring is 1. The molecule has 8 nitrogen and oxygen atoms in total. The maximum atomic E-state index is 12.9. The van der Waals surface area contributed by atoms with Crippen LogP contribution in [-0.2, 0) is 28.5 Å². The average molecular weight is 448 g/mol. The number of anilines is 1. The first kappa shape index (κ1) is 22.8. The van der Waals surface area contributed by atoms with Gasteiger partial charge in [0.15, 0.2) is 6.61 Å². The van der Waals surface area contributed by atoms with Gasteiger partial charge in [-0.1, -0.05) is 44.0 Å². The molecule has 31 heavy (non-hydrogen) atoms. The summed E-state index contributed by atoms with van der Waals surface area (Å²) in [5.74, 6) is -1.41. The van der Waals surface area contributed by atoms with Crippen LogP contribution in [0.2, 0.25) is 5.02 Å². The Kier molecular flexibility index (Phi) is 6.40. The van der Waals surface area contributed by atoms with E-state index in [0.29, 0.717) is 17.9 Å². The van der Waals surface area contributed by atoms with Gasteiger partial charge in [-0.2, -0.15) is 0 Å². The third-order valence-electron chi connectivity index (χ3n) is 5.74. The fourth-order valence-electron chi connectivity index (χ4n) is 3.84. The Hall–Kier alpha value is -2.87. The van der Waals surface area contributed by atoms with Crippen molar-refractivity contribution >= 4 is 29.2 Å². The Morgan fingerprint density at radius 1 is 1.19 bits per heavy atom. The molecule has 0 amide bonds. The topological polar surface area (TPSA) is 113 Å². The van der Waals surface area contributed by atoms with Gasteiger partial charge in [-0.25, -0.2) is 4.79 Å². The highest BCUT2D eigenvalue weighted by Crippen LogP contribution is 2.45. The van der Waals surface area contributed by atoms with Gasteiger partial charge in [0.2, 0.25) is 5.78 Å². The zero-order valence-electron chi connectivity index (χ0n) is 17.8. The summed E-state index contributed by atoms with van der Waals surface area (Å²) >= 11 is 5.94. The van der Waals surface area contributed by atoms with E-state index < -0.39 is 35.0 Å². The second-order valence-corrected chi connectivity index (χ2v) is 8.79. The molecule has 2 N–H and O–H groups in total. The number of nitrogens with zero attached hydrogens (tertiary/aromatic N) is 2. The van der Waals surface area contributed by atoms with Crippen molar-refractivity contribution in [1.29, 1.82) is 0 Å². The van der Waals surface area contributed by atoms with Gasteiger partial charge in [0.25, 0.3) is 5.56 Å². The molecule has 0 aliphatic heterocycles. The molecule has 3 rings (SSSR count). The lowest BCUT2D eigenvalue weighted by Gasteiger charge is -2.39. The number of hydrogen-bond donors (Lipinski definition) is 1. The van der Waals surface area contributed by atoms with Gasteiger partial charge in [-0.05, 0) is 36.5 Å². The maximum absolute atomic E-state index is 12.9. The van der Waals surface area contributed by atoms with Crippen LogP contribution in [0.15, 0.2) is 33.9 Å². The van der Waals surface area contributed by atoms with Gasteiger partial charge in [-0.3, -0.25) is 23.5 Å². The van der Waals surface area contributed by atoms with Gasteiger partial charge < -0.3 is 10.5 Å². The number of aromatic nitrogens is 2. The lowest BCUT2D eigenvalue weighted by atomic mass is 9.64. The van der Waals surface area contributed by atoms with Crippen LogP contribution in [0.1, 0.15) is 49.0 Å². The van der Waals surface area contributed by atoms with Crippen LogP contribution in [0, 0.1) is 5.92 Å². The van der Waals surface area contributed by atoms with Crippen molar-refractivity contribution < 1.29 is 14.3 Å². The third-order valence-corrected chi connectivity index (χ3v) is 5.99. The SMILES string of the molecule is CC(C)Cn1c(N)c(C(=O)COC(=O)C2(c3ccc(Cl)cc3)CCC2)c(=O)n(C)c1=O. The predicted octanol–water partition coefficient (Wildman–Crippen LogP) is 2.29. The number of nitrogens with two attached hydrogens (primary N) is 1. The fraction of sp³-hybridized carbons (Fsp3) is 0.455. The van der Waals surface area contributed by atoms with E-state index in [1.807, 2.05) is 13.8 Å². The second kappa shape index (κ2) is 8.70. The highest BCUT2D eigenvalue weighted by Gasteiger charge is 2.47. The molecule has 1 aliphatic rings. The summed E-state index contributed by atoms with van der Waals surface area (Å²) in [5, 5.41) is 0.560. The number of carbonyl (C=O) groups is 2. The van der Waals surface area contributed by atoms with E-state index in [0.717, 1.165) is 16.6 Å². The highest BCUT2D eigenvalue weighted by atomic mass is 35.5. The van der Waals surface area contributed by atoms with Crippen LogP contribution in [0.5, 0.6) is 0 Å². The average Bonchev–Trinajstić information content (AvgIpc) is 2.68. The molecule has 9 heteroatoms. The summed E-state index contributed by atoms with van der Waals surface area (Å²) < 4.78 is 7.38. The molecule has 0 atom stereocenters. The van der Waals surface area contributed by atoms with Gasteiger partial charge in [0.1, 0.15) is 11.4 Å². The molecule has 2 aromatic rings. The van der Waals surface area contributed by atoms with Crippen LogP contribution in [0.4, 0.5) is 5.82 Å². The van der Waals surface area contributed by atoms with Crippen molar-refractivity contribution in [2.24, 2.45) is 13.0 Å². The van der Waals surface area contributed by atoms with Crippen LogP contribution in [0.25, 0.3) is 0 Å². The quantitative estimate of drug-likeness (QED) is 0.514. The van der Waals surface area contributed by atoms with E-state index in [1.54, 1.807) is 24.3 Å². The van der Waals surface area contributed by atoms with E-state index in [4.69, 9.17) is 22.1 Å². The Morgan fingerprint density at radius 2 is 1.81 bits per heavy atom. The van der Waals surface area contributed by atoms with E-state index in [1.165, 1.54) is 11.6 Å². The second-order valence-electron chi connectivity index (χ2n) is 8.35. The summed E-state index contributed by atoms with van der Waals surface area (Å²) in [6.45, 7) is 3.39. The molecular weight excluding hydrogens is 422 g/mol. The molecule has 0 spiro atoms. The normalized spacial score (nSPS) is 14.9. The number of ether oxygens (including phenoxy) is 1. The predicted molar refractivity (Wildman–Crippen MR) is 117 cm³/mol. The Bertz CT molecular complexity index is 1130. The molecule has 1 aliphatic carbocycles. The number of ketones is 1. The lowest BCUT2D eigenvalue weighted by Crippen LogP contribution is -2.45. The van der Waals surface area contributed by atoms with Crippen molar-refractivity contribution in [3.63, 3.8) is 0 Å². The number of benzene rings is 1. The van der Waals surface area contributed by atoms with Gasteiger partial charge >= 0.3 is 11.7 Å².